The number of nitrogens with one attached hydrogen (secondary N) is 1. The summed E-state index contributed by atoms with van der Waals surface area (Å²) < 4.78 is 1.15. The molecule has 0 aliphatic carbocycles. The Bertz CT molecular complexity index is 155. The predicted molar refractivity (Wildman–Crippen MR) is 60.5 cm³/mol. The third kappa shape index (κ3) is 8.04. The van der Waals surface area contributed by atoms with Gasteiger partial charge in [0.15, 0.2) is 0 Å². The van der Waals surface area contributed by atoms with Crippen LogP contribution in [0.3, 0.4) is 0 Å². The molecule has 0 aliphatic heterocycles. The number of carbonyl (C=O) groups is 1. The first kappa shape index (κ1) is 11.9. The SMILES string of the molecule is CC(C)NC(=O)C=CCCCI. The molecule has 0 saturated heterocycles. The molecule has 0 radical (unpaired) electrons. The normalized spacial score (nSPS) is 11.0. The van der Waals surface area contributed by atoms with Crippen molar-refractivity contribution >= 4 is 28.5 Å². The van der Waals surface area contributed by atoms with Crippen LogP contribution in [-0.2, 0) is 4.79 Å². The number of rotatable bonds is 5. The van der Waals surface area contributed by atoms with E-state index in [-0.39, 0.29) is 11.9 Å². The molecule has 0 aromatic carbocycles. The van der Waals surface area contributed by atoms with Crippen molar-refractivity contribution in [3.05, 3.63) is 12.2 Å². The van der Waals surface area contributed by atoms with Gasteiger partial charge in [0.2, 0.25) is 5.91 Å². The highest BCUT2D eigenvalue weighted by atomic mass is 127. The molecule has 0 bridgehead atoms. The van der Waals surface area contributed by atoms with Crippen molar-refractivity contribution in [2.24, 2.45) is 0 Å². The summed E-state index contributed by atoms with van der Waals surface area (Å²) in [6.45, 7) is 3.91. The molecular formula is C9H16INO. The van der Waals surface area contributed by atoms with Crippen molar-refractivity contribution in [2.75, 3.05) is 4.43 Å². The Kier molecular flexibility index (Phi) is 7.54. The van der Waals surface area contributed by atoms with E-state index in [1.165, 1.54) is 0 Å². The number of amides is 1. The maximum atomic E-state index is 11.0. The van der Waals surface area contributed by atoms with E-state index in [0.29, 0.717) is 0 Å². The van der Waals surface area contributed by atoms with Crippen LogP contribution < -0.4 is 5.32 Å². The Labute approximate surface area is 87.9 Å². The molecule has 0 aromatic rings. The molecule has 3 heteroatoms. The van der Waals surface area contributed by atoms with E-state index in [4.69, 9.17) is 0 Å². The molecule has 0 aromatic heterocycles. The van der Waals surface area contributed by atoms with Gasteiger partial charge in [0.25, 0.3) is 0 Å². The number of carbonyl (C=O) groups excluding carboxylic acids is 1. The minimum Gasteiger partial charge on any atom is -0.350 e. The largest absolute Gasteiger partial charge is 0.350 e. The second kappa shape index (κ2) is 7.58. The lowest BCUT2D eigenvalue weighted by Crippen LogP contribution is -2.28. The van der Waals surface area contributed by atoms with Gasteiger partial charge in [-0.2, -0.15) is 0 Å². The second-order valence-electron chi connectivity index (χ2n) is 2.90. The molecule has 0 atom stereocenters. The predicted octanol–water partition coefficient (Wildman–Crippen LogP) is 2.28. The van der Waals surface area contributed by atoms with Gasteiger partial charge in [-0.3, -0.25) is 4.79 Å². The van der Waals surface area contributed by atoms with Crippen LogP contribution in [0, 0.1) is 0 Å². The van der Waals surface area contributed by atoms with E-state index in [0.717, 1.165) is 17.3 Å². The molecule has 0 heterocycles. The third-order valence-corrected chi connectivity index (χ3v) is 1.97. The van der Waals surface area contributed by atoms with Gasteiger partial charge in [-0.1, -0.05) is 28.7 Å². The maximum absolute atomic E-state index is 11.0. The van der Waals surface area contributed by atoms with E-state index < -0.39 is 0 Å². The lowest BCUT2D eigenvalue weighted by molar-refractivity contribution is -0.116. The standard InChI is InChI=1S/C9H16INO/c1-8(2)11-9(12)6-4-3-5-7-10/h4,6,8H,3,5,7H2,1-2H3,(H,11,12). The summed E-state index contributed by atoms with van der Waals surface area (Å²) in [6.07, 6.45) is 5.68. The fourth-order valence-electron chi connectivity index (χ4n) is 0.718. The maximum Gasteiger partial charge on any atom is 0.243 e. The molecule has 0 spiro atoms. The van der Waals surface area contributed by atoms with Gasteiger partial charge < -0.3 is 5.32 Å². The quantitative estimate of drug-likeness (QED) is 0.356. The van der Waals surface area contributed by atoms with E-state index in [2.05, 4.69) is 27.9 Å². The minimum absolute atomic E-state index is 0.0125. The van der Waals surface area contributed by atoms with Gasteiger partial charge in [0.1, 0.15) is 0 Å². The number of halogens is 1. The molecule has 0 rings (SSSR count). The first-order valence-corrected chi connectivity index (χ1v) is 5.72. The molecule has 1 amide bonds. The van der Waals surface area contributed by atoms with E-state index in [1.807, 2.05) is 19.9 Å². The summed E-state index contributed by atoms with van der Waals surface area (Å²) in [7, 11) is 0. The first-order chi connectivity index (χ1) is 5.66. The van der Waals surface area contributed by atoms with Gasteiger partial charge in [-0.25, -0.2) is 0 Å². The Hall–Kier alpha value is -0.0600. The zero-order valence-corrected chi connectivity index (χ0v) is 9.80. The number of hydrogen-bond acceptors (Lipinski definition) is 1. The smallest absolute Gasteiger partial charge is 0.243 e. The van der Waals surface area contributed by atoms with Gasteiger partial charge in [-0.15, -0.1) is 0 Å². The molecule has 2 nitrogen and oxygen atoms in total. The first-order valence-electron chi connectivity index (χ1n) is 4.20. The summed E-state index contributed by atoms with van der Waals surface area (Å²) in [5.41, 5.74) is 0. The molecule has 1 N–H and O–H groups in total. The van der Waals surface area contributed by atoms with Crippen molar-refractivity contribution in [1.82, 2.24) is 5.32 Å². The molecule has 0 saturated carbocycles. The molecule has 0 fully saturated rings. The lowest BCUT2D eigenvalue weighted by atomic mass is 10.3. The van der Waals surface area contributed by atoms with Gasteiger partial charge in [0, 0.05) is 6.04 Å². The third-order valence-electron chi connectivity index (χ3n) is 1.20. The van der Waals surface area contributed by atoms with E-state index in [9.17, 15) is 4.79 Å². The molecule has 0 aliphatic rings. The lowest BCUT2D eigenvalue weighted by Gasteiger charge is -2.03. The van der Waals surface area contributed by atoms with Crippen molar-refractivity contribution in [3.8, 4) is 0 Å². The van der Waals surface area contributed by atoms with Gasteiger partial charge in [-0.05, 0) is 37.2 Å². The summed E-state index contributed by atoms with van der Waals surface area (Å²) in [4.78, 5) is 11.0. The highest BCUT2D eigenvalue weighted by Crippen LogP contribution is 1.95. The second-order valence-corrected chi connectivity index (χ2v) is 3.98. The Morgan fingerprint density at radius 3 is 2.75 bits per heavy atom. The fourth-order valence-corrected chi connectivity index (χ4v) is 1.16. The fraction of sp³-hybridized carbons (Fsp3) is 0.667. The van der Waals surface area contributed by atoms with Crippen LogP contribution in [0.25, 0.3) is 0 Å². The Morgan fingerprint density at radius 1 is 1.58 bits per heavy atom. The molecule has 12 heavy (non-hydrogen) atoms. The molecule has 0 unspecified atom stereocenters. The van der Waals surface area contributed by atoms with Crippen LogP contribution in [-0.4, -0.2) is 16.4 Å². The minimum atomic E-state index is 0.0125. The van der Waals surface area contributed by atoms with Crippen LogP contribution in [0.4, 0.5) is 0 Å². The van der Waals surface area contributed by atoms with E-state index in [1.54, 1.807) is 6.08 Å². The van der Waals surface area contributed by atoms with Crippen molar-refractivity contribution in [3.63, 3.8) is 0 Å². The summed E-state index contributed by atoms with van der Waals surface area (Å²) >= 11 is 2.33. The van der Waals surface area contributed by atoms with Gasteiger partial charge >= 0.3 is 0 Å². The van der Waals surface area contributed by atoms with Crippen LogP contribution in [0.1, 0.15) is 26.7 Å². The Morgan fingerprint density at radius 2 is 2.25 bits per heavy atom. The average molecular weight is 281 g/mol. The summed E-state index contributed by atoms with van der Waals surface area (Å²) in [6, 6.07) is 0.228. The number of allylic oxidation sites excluding steroid dienone is 1. The van der Waals surface area contributed by atoms with Crippen LogP contribution >= 0.6 is 22.6 Å². The van der Waals surface area contributed by atoms with Gasteiger partial charge in [0.05, 0.1) is 0 Å². The van der Waals surface area contributed by atoms with E-state index >= 15 is 0 Å². The zero-order valence-electron chi connectivity index (χ0n) is 7.64. The number of hydrogen-bond donors (Lipinski definition) is 1. The highest BCUT2D eigenvalue weighted by Gasteiger charge is 1.95. The zero-order chi connectivity index (χ0) is 9.40. The van der Waals surface area contributed by atoms with Crippen LogP contribution in [0.5, 0.6) is 0 Å². The van der Waals surface area contributed by atoms with Crippen molar-refractivity contribution in [1.29, 1.82) is 0 Å². The topological polar surface area (TPSA) is 29.1 Å². The summed E-state index contributed by atoms with van der Waals surface area (Å²) in [5, 5.41) is 2.79. The summed E-state index contributed by atoms with van der Waals surface area (Å²) in [5.74, 6) is 0.0125. The Balaban J connectivity index is 3.47. The average Bonchev–Trinajstić information content (AvgIpc) is 1.97. The monoisotopic (exact) mass is 281 g/mol. The van der Waals surface area contributed by atoms with Crippen LogP contribution in [0.15, 0.2) is 12.2 Å². The molecular weight excluding hydrogens is 265 g/mol. The number of alkyl halides is 1. The number of unbranched alkanes of at least 4 members (excludes halogenated alkanes) is 1. The van der Waals surface area contributed by atoms with Crippen molar-refractivity contribution < 1.29 is 4.79 Å². The van der Waals surface area contributed by atoms with Crippen molar-refractivity contribution in [2.45, 2.75) is 32.7 Å². The van der Waals surface area contributed by atoms with Crippen LogP contribution in [0.2, 0.25) is 0 Å². The molecule has 70 valence electrons. The highest BCUT2D eigenvalue weighted by molar-refractivity contribution is 14.1.